The van der Waals surface area contributed by atoms with Gasteiger partial charge < -0.3 is 18.8 Å². The van der Waals surface area contributed by atoms with Crippen LogP contribution in [0.15, 0.2) is 69.9 Å². The molecule has 5 heterocycles. The van der Waals surface area contributed by atoms with Gasteiger partial charge in [0, 0.05) is 31.2 Å². The lowest BCUT2D eigenvalue weighted by molar-refractivity contribution is 0.0568. The average molecular weight is 510 g/mol. The van der Waals surface area contributed by atoms with E-state index in [2.05, 4.69) is 15.0 Å². The summed E-state index contributed by atoms with van der Waals surface area (Å²) in [4.78, 5) is 22.5. The van der Waals surface area contributed by atoms with Crippen molar-refractivity contribution in [3.8, 4) is 17.5 Å². The van der Waals surface area contributed by atoms with Gasteiger partial charge in [0.2, 0.25) is 16.7 Å². The molecule has 1 aliphatic heterocycles. The largest absolute Gasteiger partial charge is 0.492 e. The monoisotopic (exact) mass is 509 g/mol. The molecule has 178 valence electrons. The van der Waals surface area contributed by atoms with Gasteiger partial charge in [-0.15, -0.1) is 5.10 Å². The molecule has 0 spiro atoms. The smallest absolute Gasteiger partial charge is 0.289 e. The van der Waals surface area contributed by atoms with Crippen LogP contribution in [-0.4, -0.2) is 61.6 Å². The van der Waals surface area contributed by atoms with Crippen LogP contribution in [0.3, 0.4) is 0 Å². The Morgan fingerprint density at radius 1 is 1.06 bits per heavy atom. The summed E-state index contributed by atoms with van der Waals surface area (Å²) >= 11 is 7.70. The van der Waals surface area contributed by atoms with Crippen LogP contribution in [0.4, 0.5) is 0 Å². The van der Waals surface area contributed by atoms with Gasteiger partial charge in [0.25, 0.3) is 5.91 Å². The van der Waals surface area contributed by atoms with Crippen LogP contribution in [-0.2, 0) is 0 Å². The van der Waals surface area contributed by atoms with Gasteiger partial charge in [0.05, 0.1) is 23.4 Å². The van der Waals surface area contributed by atoms with E-state index >= 15 is 0 Å². The van der Waals surface area contributed by atoms with Crippen molar-refractivity contribution in [1.29, 1.82) is 0 Å². The van der Waals surface area contributed by atoms with Gasteiger partial charge in [0.15, 0.2) is 11.5 Å². The fraction of sp³-hybridized carbons (Fsp3) is 0.208. The molecule has 9 nitrogen and oxygen atoms in total. The maximum absolute atomic E-state index is 12.7. The summed E-state index contributed by atoms with van der Waals surface area (Å²) in [5.41, 5.74) is 0.939. The van der Waals surface area contributed by atoms with E-state index in [4.69, 9.17) is 20.4 Å². The topological polar surface area (TPSA) is 100 Å². The molecule has 11 heteroatoms. The minimum absolute atomic E-state index is 0.0226. The van der Waals surface area contributed by atoms with Crippen molar-refractivity contribution < 1.29 is 18.7 Å². The van der Waals surface area contributed by atoms with Crippen molar-refractivity contribution in [2.24, 2.45) is 0 Å². The molecule has 1 amide bonds. The number of hydrogen-bond donors (Lipinski definition) is 1. The first kappa shape index (κ1) is 21.9. The Morgan fingerprint density at radius 2 is 1.86 bits per heavy atom. The minimum atomic E-state index is -0.282. The molecule has 0 saturated carbocycles. The summed E-state index contributed by atoms with van der Waals surface area (Å²) in [6.45, 7) is 2.27. The van der Waals surface area contributed by atoms with E-state index in [-0.39, 0.29) is 17.8 Å². The van der Waals surface area contributed by atoms with Gasteiger partial charge in [-0.25, -0.2) is 0 Å². The van der Waals surface area contributed by atoms with Crippen LogP contribution in [0.2, 0.25) is 5.02 Å². The highest BCUT2D eigenvalue weighted by molar-refractivity contribution is 7.17. The maximum Gasteiger partial charge on any atom is 0.289 e. The van der Waals surface area contributed by atoms with Gasteiger partial charge in [-0.05, 0) is 42.0 Å². The molecule has 35 heavy (non-hydrogen) atoms. The number of fused-ring (bicyclic) bond motifs is 1. The molecule has 1 unspecified atom stereocenters. The van der Waals surface area contributed by atoms with Gasteiger partial charge in [-0.2, -0.15) is 9.50 Å². The first-order valence-electron chi connectivity index (χ1n) is 11.0. The number of nitrogens with zero attached hydrogens (tertiary/aromatic N) is 5. The first-order chi connectivity index (χ1) is 17.1. The summed E-state index contributed by atoms with van der Waals surface area (Å²) < 4.78 is 12.1. The maximum atomic E-state index is 12.7. The highest BCUT2D eigenvalue weighted by Crippen LogP contribution is 2.41. The normalized spacial score (nSPS) is 15.6. The second-order valence-electron chi connectivity index (χ2n) is 8.16. The highest BCUT2D eigenvalue weighted by Gasteiger charge is 2.33. The van der Waals surface area contributed by atoms with Crippen molar-refractivity contribution in [2.45, 2.75) is 6.04 Å². The molecular formula is C24H20ClN5O4S. The van der Waals surface area contributed by atoms with E-state index in [0.717, 1.165) is 5.56 Å². The number of carbonyl (C=O) groups excluding carboxylic acids is 1. The van der Waals surface area contributed by atoms with Crippen LogP contribution >= 0.6 is 22.9 Å². The predicted molar refractivity (Wildman–Crippen MR) is 130 cm³/mol. The third-order valence-electron chi connectivity index (χ3n) is 6.05. The standard InChI is InChI=1S/C24H20ClN5O4S/c25-16-5-1-4-15(14-16)19(28-8-10-29(11-9-28)22(31)18-7-3-13-34-18)20-23(32)30-24(35-20)26-21(27-30)17-6-2-12-33-17/h1-7,12-14,19,32H,8-11H2. The van der Waals surface area contributed by atoms with E-state index in [0.29, 0.717) is 58.4 Å². The Hall–Kier alpha value is -3.60. The fourth-order valence-electron chi connectivity index (χ4n) is 4.38. The number of carbonyl (C=O) groups is 1. The summed E-state index contributed by atoms with van der Waals surface area (Å²) in [5.74, 6) is 1.17. The summed E-state index contributed by atoms with van der Waals surface area (Å²) in [5, 5.41) is 16.3. The molecule has 1 fully saturated rings. The van der Waals surface area contributed by atoms with Gasteiger partial charge >= 0.3 is 0 Å². The zero-order valence-electron chi connectivity index (χ0n) is 18.4. The third-order valence-corrected chi connectivity index (χ3v) is 7.36. The number of hydrogen-bond acceptors (Lipinski definition) is 8. The molecule has 1 saturated heterocycles. The number of benzene rings is 1. The minimum Gasteiger partial charge on any atom is -0.492 e. The van der Waals surface area contributed by atoms with E-state index in [1.54, 1.807) is 35.4 Å². The Kier molecular flexibility index (Phi) is 5.56. The Morgan fingerprint density at radius 3 is 2.54 bits per heavy atom. The molecule has 4 aromatic heterocycles. The molecule has 0 bridgehead atoms. The van der Waals surface area contributed by atoms with Crippen LogP contribution in [0.1, 0.15) is 27.0 Å². The molecule has 0 aliphatic carbocycles. The number of piperazine rings is 1. The number of aromatic hydroxyl groups is 1. The second kappa shape index (κ2) is 8.88. The fourth-order valence-corrected chi connectivity index (χ4v) is 5.70. The average Bonchev–Trinajstić information content (AvgIpc) is 3.67. The Balaban J connectivity index is 1.33. The molecule has 5 aromatic rings. The number of aromatic nitrogens is 3. The summed E-state index contributed by atoms with van der Waals surface area (Å²) in [7, 11) is 0. The lowest BCUT2D eigenvalue weighted by Crippen LogP contribution is -2.49. The van der Waals surface area contributed by atoms with Crippen LogP contribution < -0.4 is 0 Å². The number of furan rings is 2. The van der Waals surface area contributed by atoms with Crippen molar-refractivity contribution in [3.63, 3.8) is 0 Å². The van der Waals surface area contributed by atoms with Crippen molar-refractivity contribution in [2.75, 3.05) is 26.2 Å². The zero-order chi connectivity index (χ0) is 23.9. The molecule has 1 aromatic carbocycles. The Labute approximate surface area is 208 Å². The van der Waals surface area contributed by atoms with Crippen molar-refractivity contribution in [3.05, 3.63) is 82.3 Å². The molecule has 1 aliphatic rings. The molecule has 0 radical (unpaired) electrons. The van der Waals surface area contributed by atoms with Gasteiger partial charge in [-0.1, -0.05) is 35.1 Å². The number of rotatable bonds is 5. The summed E-state index contributed by atoms with van der Waals surface area (Å²) in [6, 6.07) is 14.2. The number of amides is 1. The van der Waals surface area contributed by atoms with Gasteiger partial charge in [-0.3, -0.25) is 9.69 Å². The van der Waals surface area contributed by atoms with E-state index in [1.807, 2.05) is 24.3 Å². The van der Waals surface area contributed by atoms with Crippen molar-refractivity contribution in [1.82, 2.24) is 24.4 Å². The van der Waals surface area contributed by atoms with E-state index in [9.17, 15) is 9.90 Å². The first-order valence-corrected chi connectivity index (χ1v) is 12.2. The Bertz CT molecular complexity index is 1470. The van der Waals surface area contributed by atoms with Crippen LogP contribution in [0.25, 0.3) is 16.5 Å². The van der Waals surface area contributed by atoms with E-state index in [1.165, 1.54) is 22.1 Å². The lowest BCUT2D eigenvalue weighted by Gasteiger charge is -2.38. The van der Waals surface area contributed by atoms with Crippen LogP contribution in [0, 0.1) is 0 Å². The SMILES string of the molecule is O=C(c1ccco1)N1CCN(C(c2cccc(Cl)c2)c2sc3nc(-c4ccco4)nn3c2O)CC1. The van der Waals surface area contributed by atoms with E-state index < -0.39 is 0 Å². The second-order valence-corrected chi connectivity index (χ2v) is 9.61. The third kappa shape index (κ3) is 3.99. The molecule has 1 atom stereocenters. The quantitative estimate of drug-likeness (QED) is 0.371. The zero-order valence-corrected chi connectivity index (χ0v) is 19.9. The van der Waals surface area contributed by atoms with Crippen molar-refractivity contribution >= 4 is 33.8 Å². The molecule has 6 rings (SSSR count). The van der Waals surface area contributed by atoms with Gasteiger partial charge in [0.1, 0.15) is 0 Å². The van der Waals surface area contributed by atoms with Crippen LogP contribution in [0.5, 0.6) is 5.88 Å². The molecule has 1 N–H and O–H groups in total. The highest BCUT2D eigenvalue weighted by atomic mass is 35.5. The predicted octanol–water partition coefficient (Wildman–Crippen LogP) is 4.55. The lowest BCUT2D eigenvalue weighted by atomic mass is 10.0. The number of thiazole rings is 1. The molecular weight excluding hydrogens is 490 g/mol. The number of halogens is 1. The summed E-state index contributed by atoms with van der Waals surface area (Å²) in [6.07, 6.45) is 3.06.